The van der Waals surface area contributed by atoms with E-state index < -0.39 is 0 Å². The Balaban J connectivity index is 1.48. The molecule has 1 aromatic carbocycles. The number of amides is 1. The molecule has 0 aliphatic carbocycles. The Morgan fingerprint density at radius 3 is 2.76 bits per heavy atom. The van der Waals surface area contributed by atoms with E-state index in [1.54, 1.807) is 23.2 Å². The predicted octanol–water partition coefficient (Wildman–Crippen LogP) is 5.85. The van der Waals surface area contributed by atoms with Crippen LogP contribution in [0.4, 0.5) is 10.8 Å². The molecule has 0 saturated heterocycles. The van der Waals surface area contributed by atoms with Crippen molar-refractivity contribution in [1.82, 2.24) is 15.2 Å². The van der Waals surface area contributed by atoms with E-state index in [4.69, 9.17) is 4.42 Å². The number of nitrogens with zero attached hydrogens (tertiary/aromatic N) is 4. The van der Waals surface area contributed by atoms with Crippen molar-refractivity contribution in [1.29, 1.82) is 0 Å². The molecule has 0 radical (unpaired) electrons. The molecule has 4 aromatic rings. The van der Waals surface area contributed by atoms with E-state index in [1.807, 2.05) is 48.0 Å². The van der Waals surface area contributed by atoms with Crippen LogP contribution in [0.25, 0.3) is 10.8 Å². The molecule has 0 bridgehead atoms. The van der Waals surface area contributed by atoms with Crippen molar-refractivity contribution in [3.05, 3.63) is 57.9 Å². The van der Waals surface area contributed by atoms with Crippen LogP contribution in [-0.4, -0.2) is 21.1 Å². The highest BCUT2D eigenvalue weighted by atomic mass is 32.2. The molecule has 1 amide bonds. The van der Waals surface area contributed by atoms with Gasteiger partial charge < -0.3 is 4.42 Å². The summed E-state index contributed by atoms with van der Waals surface area (Å²) in [5.74, 6) is 1.04. The fourth-order valence-electron chi connectivity index (χ4n) is 2.66. The Hall–Kier alpha value is -2.49. The number of rotatable bonds is 6. The zero-order valence-electron chi connectivity index (χ0n) is 16.1. The Bertz CT molecular complexity index is 1130. The largest absolute Gasteiger partial charge is 0.410 e. The van der Waals surface area contributed by atoms with Crippen LogP contribution in [0.15, 0.2) is 50.7 Å². The summed E-state index contributed by atoms with van der Waals surface area (Å²) in [6, 6.07) is 9.87. The molecule has 148 valence electrons. The maximum absolute atomic E-state index is 12.3. The van der Waals surface area contributed by atoms with Crippen molar-refractivity contribution >= 4 is 51.2 Å². The highest BCUT2D eigenvalue weighted by Gasteiger charge is 2.19. The van der Waals surface area contributed by atoms with Crippen molar-refractivity contribution in [2.45, 2.75) is 31.7 Å². The molecule has 3 aromatic heterocycles. The molecular formula is C20H18N4O2S3. The highest BCUT2D eigenvalue weighted by molar-refractivity contribution is 7.98. The number of hydrogen-bond acceptors (Lipinski definition) is 8. The van der Waals surface area contributed by atoms with Gasteiger partial charge in [-0.2, -0.15) is 0 Å². The standard InChI is InChI=1S/C20H18N4O2S3/c1-12-6-7-16(9-13(12)2)24(14(3)25)19-21-15(10-28-19)11-29-20-23-22-18(26-20)17-5-4-8-27-17/h4-10H,11H2,1-3H3. The van der Waals surface area contributed by atoms with E-state index >= 15 is 0 Å². The van der Waals surface area contributed by atoms with Crippen molar-refractivity contribution in [2.75, 3.05) is 4.90 Å². The molecule has 0 spiro atoms. The van der Waals surface area contributed by atoms with Gasteiger partial charge in [0.15, 0.2) is 5.13 Å². The van der Waals surface area contributed by atoms with Gasteiger partial charge in [-0.3, -0.25) is 9.69 Å². The van der Waals surface area contributed by atoms with Crippen molar-refractivity contribution < 1.29 is 9.21 Å². The molecule has 29 heavy (non-hydrogen) atoms. The average molecular weight is 443 g/mol. The van der Waals surface area contributed by atoms with E-state index in [1.165, 1.54) is 28.7 Å². The smallest absolute Gasteiger partial charge is 0.277 e. The summed E-state index contributed by atoms with van der Waals surface area (Å²) in [7, 11) is 0. The number of anilines is 2. The Kier molecular flexibility index (Phi) is 5.79. The molecule has 4 rings (SSSR count). The van der Waals surface area contributed by atoms with E-state index in [-0.39, 0.29) is 5.91 Å². The first kappa shape index (κ1) is 19.8. The third kappa shape index (κ3) is 4.42. The summed E-state index contributed by atoms with van der Waals surface area (Å²) in [4.78, 5) is 19.5. The van der Waals surface area contributed by atoms with Gasteiger partial charge in [-0.1, -0.05) is 23.9 Å². The van der Waals surface area contributed by atoms with Crippen LogP contribution in [0.3, 0.4) is 0 Å². The summed E-state index contributed by atoms with van der Waals surface area (Å²) < 4.78 is 5.70. The lowest BCUT2D eigenvalue weighted by atomic mass is 10.1. The van der Waals surface area contributed by atoms with Crippen LogP contribution >= 0.6 is 34.4 Å². The van der Waals surface area contributed by atoms with Gasteiger partial charge in [0.1, 0.15) is 0 Å². The quantitative estimate of drug-likeness (QED) is 0.349. The second kappa shape index (κ2) is 8.48. The predicted molar refractivity (Wildman–Crippen MR) is 118 cm³/mol. The second-order valence-electron chi connectivity index (χ2n) is 6.38. The van der Waals surface area contributed by atoms with Crippen molar-refractivity contribution in [3.8, 4) is 10.8 Å². The van der Waals surface area contributed by atoms with Crippen LogP contribution in [-0.2, 0) is 10.5 Å². The second-order valence-corrected chi connectivity index (χ2v) is 9.09. The van der Waals surface area contributed by atoms with Crippen LogP contribution in [0.1, 0.15) is 23.7 Å². The summed E-state index contributed by atoms with van der Waals surface area (Å²) in [5.41, 5.74) is 4.02. The van der Waals surface area contributed by atoms with E-state index in [2.05, 4.69) is 22.1 Å². The first-order valence-electron chi connectivity index (χ1n) is 8.84. The molecule has 3 heterocycles. The minimum atomic E-state index is -0.0701. The van der Waals surface area contributed by atoms with Crippen LogP contribution < -0.4 is 4.90 Å². The van der Waals surface area contributed by atoms with Gasteiger partial charge >= 0.3 is 0 Å². The molecular weight excluding hydrogens is 424 g/mol. The molecule has 9 heteroatoms. The molecule has 0 aliphatic heterocycles. The molecule has 0 saturated carbocycles. The first-order valence-corrected chi connectivity index (χ1v) is 11.6. The fourth-order valence-corrected chi connectivity index (χ4v) is 4.95. The van der Waals surface area contributed by atoms with Gasteiger partial charge in [0.25, 0.3) is 11.1 Å². The number of aromatic nitrogens is 3. The number of carbonyl (C=O) groups excluding carboxylic acids is 1. The highest BCUT2D eigenvalue weighted by Crippen LogP contribution is 2.33. The Labute approximate surface area is 180 Å². The van der Waals surface area contributed by atoms with Gasteiger partial charge in [0.2, 0.25) is 5.91 Å². The number of aryl methyl sites for hydroxylation is 2. The van der Waals surface area contributed by atoms with Crippen LogP contribution in [0.2, 0.25) is 0 Å². The Morgan fingerprint density at radius 2 is 2.03 bits per heavy atom. The number of thiophene rings is 1. The van der Waals surface area contributed by atoms with Gasteiger partial charge in [-0.15, -0.1) is 32.9 Å². The zero-order valence-corrected chi connectivity index (χ0v) is 18.5. The lowest BCUT2D eigenvalue weighted by Crippen LogP contribution is -2.22. The number of hydrogen-bond donors (Lipinski definition) is 0. The summed E-state index contributed by atoms with van der Waals surface area (Å²) >= 11 is 4.43. The molecule has 0 unspecified atom stereocenters. The molecule has 0 fully saturated rings. The SMILES string of the molecule is CC(=O)N(c1ccc(C)c(C)c1)c1nc(CSc2nnc(-c3cccs3)o2)cs1. The first-order chi connectivity index (χ1) is 14.0. The fraction of sp³-hybridized carbons (Fsp3) is 0.200. The minimum Gasteiger partial charge on any atom is -0.410 e. The lowest BCUT2D eigenvalue weighted by molar-refractivity contribution is -0.115. The number of thioether (sulfide) groups is 1. The number of carbonyl (C=O) groups is 1. The van der Waals surface area contributed by atoms with Gasteiger partial charge in [-0.25, -0.2) is 4.98 Å². The maximum atomic E-state index is 12.3. The molecule has 0 atom stereocenters. The molecule has 0 N–H and O–H groups in total. The van der Waals surface area contributed by atoms with Crippen LogP contribution in [0.5, 0.6) is 0 Å². The maximum Gasteiger partial charge on any atom is 0.277 e. The monoisotopic (exact) mass is 442 g/mol. The van der Waals surface area contributed by atoms with Gasteiger partial charge in [-0.05, 0) is 48.6 Å². The van der Waals surface area contributed by atoms with Crippen molar-refractivity contribution in [2.24, 2.45) is 0 Å². The normalized spacial score (nSPS) is 11.0. The average Bonchev–Trinajstić information content (AvgIpc) is 3.44. The summed E-state index contributed by atoms with van der Waals surface area (Å²) in [5, 5.41) is 13.3. The third-order valence-corrected chi connectivity index (χ3v) is 6.86. The lowest BCUT2D eigenvalue weighted by Gasteiger charge is -2.19. The van der Waals surface area contributed by atoms with E-state index in [0.717, 1.165) is 21.8 Å². The number of benzene rings is 1. The Morgan fingerprint density at radius 1 is 1.17 bits per heavy atom. The van der Waals surface area contributed by atoms with Crippen LogP contribution in [0, 0.1) is 13.8 Å². The summed E-state index contributed by atoms with van der Waals surface area (Å²) in [6.45, 7) is 5.64. The van der Waals surface area contributed by atoms with Gasteiger partial charge in [0, 0.05) is 18.1 Å². The zero-order chi connectivity index (χ0) is 20.4. The summed E-state index contributed by atoms with van der Waals surface area (Å²) in [6.07, 6.45) is 0. The minimum absolute atomic E-state index is 0.0701. The molecule has 0 aliphatic rings. The van der Waals surface area contributed by atoms with Crippen molar-refractivity contribution in [3.63, 3.8) is 0 Å². The van der Waals surface area contributed by atoms with E-state index in [0.29, 0.717) is 22.0 Å². The third-order valence-electron chi connectivity index (χ3n) is 4.28. The number of thiazole rings is 1. The molecule has 6 nitrogen and oxygen atoms in total. The van der Waals surface area contributed by atoms with Gasteiger partial charge in [0.05, 0.1) is 16.3 Å². The topological polar surface area (TPSA) is 72.1 Å². The van der Waals surface area contributed by atoms with E-state index in [9.17, 15) is 4.79 Å².